The molecule has 0 bridgehead atoms. The second kappa shape index (κ2) is 6.71. The fraction of sp³-hybridized carbons (Fsp3) is 0.222. The predicted molar refractivity (Wildman–Crippen MR) is 96.6 cm³/mol. The van der Waals surface area contributed by atoms with Crippen LogP contribution in [0.1, 0.15) is 26.3 Å². The average molecular weight is 312 g/mol. The Morgan fingerprint density at radius 1 is 1.09 bits per heavy atom. The molecule has 0 radical (unpaired) electrons. The molecule has 0 spiro atoms. The molecule has 0 heterocycles. The van der Waals surface area contributed by atoms with Crippen LogP contribution in [0.5, 0.6) is 0 Å². The van der Waals surface area contributed by atoms with Crippen LogP contribution in [0.2, 0.25) is 0 Å². The van der Waals surface area contributed by atoms with Crippen molar-refractivity contribution in [3.05, 3.63) is 54.1 Å². The summed E-state index contributed by atoms with van der Waals surface area (Å²) in [7, 11) is 0. The maximum absolute atomic E-state index is 11.9. The van der Waals surface area contributed by atoms with Gasteiger partial charge in [0.25, 0.3) is 0 Å². The number of fused-ring (bicyclic) bond motifs is 1. The number of thiocarbonyl (C=S) groups is 1. The van der Waals surface area contributed by atoms with Crippen molar-refractivity contribution in [2.45, 2.75) is 26.3 Å². The highest BCUT2D eigenvalue weighted by atomic mass is 32.1. The van der Waals surface area contributed by atoms with Gasteiger partial charge in [-0.3, -0.25) is 10.1 Å². The Hall–Kier alpha value is -2.20. The minimum Gasteiger partial charge on any atom is -0.358 e. The van der Waals surface area contributed by atoms with Crippen LogP contribution in [0, 0.1) is 0 Å². The summed E-state index contributed by atoms with van der Waals surface area (Å²) in [6.07, 6.45) is 3.30. The Morgan fingerprint density at radius 3 is 2.50 bits per heavy atom. The lowest BCUT2D eigenvalue weighted by Crippen LogP contribution is -2.47. The molecule has 0 fully saturated rings. The first-order chi connectivity index (χ1) is 10.3. The van der Waals surface area contributed by atoms with Gasteiger partial charge in [-0.05, 0) is 55.4 Å². The molecule has 0 aromatic heterocycles. The van der Waals surface area contributed by atoms with Gasteiger partial charge >= 0.3 is 0 Å². The Balaban J connectivity index is 2.07. The maximum Gasteiger partial charge on any atom is 0.250 e. The highest BCUT2D eigenvalue weighted by Gasteiger charge is 2.11. The Kier molecular flexibility index (Phi) is 4.93. The number of hydrogen-bond donors (Lipinski definition) is 2. The van der Waals surface area contributed by atoms with E-state index in [4.69, 9.17) is 12.2 Å². The summed E-state index contributed by atoms with van der Waals surface area (Å²) in [4.78, 5) is 11.9. The van der Waals surface area contributed by atoms with E-state index in [0.717, 1.165) is 16.3 Å². The van der Waals surface area contributed by atoms with Gasteiger partial charge in [-0.15, -0.1) is 0 Å². The number of nitrogens with one attached hydrogen (secondary N) is 2. The van der Waals surface area contributed by atoms with Crippen molar-refractivity contribution in [3.8, 4) is 0 Å². The fourth-order valence-corrected chi connectivity index (χ4v) is 2.49. The summed E-state index contributed by atoms with van der Waals surface area (Å²) in [5.74, 6) is -0.241. The highest BCUT2D eigenvalue weighted by Crippen LogP contribution is 2.19. The first-order valence-electron chi connectivity index (χ1n) is 7.14. The molecule has 0 aliphatic heterocycles. The van der Waals surface area contributed by atoms with Crippen LogP contribution >= 0.6 is 12.2 Å². The van der Waals surface area contributed by atoms with E-state index in [9.17, 15) is 4.79 Å². The summed E-state index contributed by atoms with van der Waals surface area (Å²) >= 11 is 5.11. The van der Waals surface area contributed by atoms with E-state index >= 15 is 0 Å². The third kappa shape index (κ3) is 4.67. The molecule has 2 aromatic carbocycles. The third-order valence-electron chi connectivity index (χ3n) is 2.96. The zero-order valence-corrected chi connectivity index (χ0v) is 13.8. The first kappa shape index (κ1) is 16.2. The van der Waals surface area contributed by atoms with E-state index in [1.54, 1.807) is 6.08 Å². The SMILES string of the molecule is CC(C)(C)NC(=S)NC(=O)C=Cc1cccc2ccccc12. The number of carbonyl (C=O) groups excluding carboxylic acids is 1. The van der Waals surface area contributed by atoms with Crippen LogP contribution in [-0.4, -0.2) is 16.6 Å². The van der Waals surface area contributed by atoms with E-state index < -0.39 is 0 Å². The number of amides is 1. The molecule has 2 aromatic rings. The van der Waals surface area contributed by atoms with Gasteiger partial charge in [0.2, 0.25) is 5.91 Å². The molecule has 4 heteroatoms. The first-order valence-corrected chi connectivity index (χ1v) is 7.55. The Morgan fingerprint density at radius 2 is 1.77 bits per heavy atom. The maximum atomic E-state index is 11.9. The van der Waals surface area contributed by atoms with Crippen LogP contribution in [0.25, 0.3) is 16.8 Å². The molecule has 0 saturated heterocycles. The van der Waals surface area contributed by atoms with E-state index in [0.29, 0.717) is 5.11 Å². The van der Waals surface area contributed by atoms with Crippen molar-refractivity contribution >= 4 is 40.1 Å². The second-order valence-corrected chi connectivity index (χ2v) is 6.50. The second-order valence-electron chi connectivity index (χ2n) is 6.10. The van der Waals surface area contributed by atoms with E-state index in [1.165, 1.54) is 6.08 Å². The topological polar surface area (TPSA) is 41.1 Å². The summed E-state index contributed by atoms with van der Waals surface area (Å²) in [5.41, 5.74) is 0.826. The molecule has 114 valence electrons. The number of carbonyl (C=O) groups is 1. The quantitative estimate of drug-likeness (QED) is 0.657. The van der Waals surface area contributed by atoms with Crippen molar-refractivity contribution in [2.75, 3.05) is 0 Å². The van der Waals surface area contributed by atoms with Gasteiger partial charge in [0.15, 0.2) is 5.11 Å². The molecular formula is C18H20N2OS. The lowest BCUT2D eigenvalue weighted by atomic mass is 10.0. The smallest absolute Gasteiger partial charge is 0.250 e. The van der Waals surface area contributed by atoms with Gasteiger partial charge in [0.1, 0.15) is 0 Å². The summed E-state index contributed by atoms with van der Waals surface area (Å²) in [6, 6.07) is 14.1. The normalized spacial score (nSPS) is 11.6. The standard InChI is InChI=1S/C18H20N2OS/c1-18(2,3)20-17(22)19-16(21)12-11-14-9-6-8-13-7-4-5-10-15(13)14/h4-12H,1-3H3,(H2,19,20,21,22). The molecule has 0 aliphatic carbocycles. The highest BCUT2D eigenvalue weighted by molar-refractivity contribution is 7.80. The summed E-state index contributed by atoms with van der Waals surface area (Å²) in [5, 5.41) is 8.29. The zero-order chi connectivity index (χ0) is 16.2. The van der Waals surface area contributed by atoms with E-state index in [2.05, 4.69) is 22.8 Å². The van der Waals surface area contributed by atoms with Crippen molar-refractivity contribution in [1.82, 2.24) is 10.6 Å². The van der Waals surface area contributed by atoms with Gasteiger partial charge < -0.3 is 5.32 Å². The van der Waals surface area contributed by atoms with Crippen LogP contribution in [0.15, 0.2) is 48.5 Å². The largest absolute Gasteiger partial charge is 0.358 e. The van der Waals surface area contributed by atoms with Crippen LogP contribution in [0.3, 0.4) is 0 Å². The van der Waals surface area contributed by atoms with E-state index in [-0.39, 0.29) is 11.4 Å². The van der Waals surface area contributed by atoms with Gasteiger partial charge in [0.05, 0.1) is 0 Å². The monoisotopic (exact) mass is 312 g/mol. The average Bonchev–Trinajstić information content (AvgIpc) is 2.43. The lowest BCUT2D eigenvalue weighted by Gasteiger charge is -2.22. The lowest BCUT2D eigenvalue weighted by molar-refractivity contribution is -0.115. The third-order valence-corrected chi connectivity index (χ3v) is 3.17. The molecule has 0 unspecified atom stereocenters. The van der Waals surface area contributed by atoms with Crippen molar-refractivity contribution in [2.24, 2.45) is 0 Å². The van der Waals surface area contributed by atoms with Crippen LogP contribution in [0.4, 0.5) is 0 Å². The number of hydrogen-bond acceptors (Lipinski definition) is 2. The molecule has 0 saturated carbocycles. The van der Waals surface area contributed by atoms with Crippen LogP contribution < -0.4 is 10.6 Å². The molecule has 2 rings (SSSR count). The number of benzene rings is 2. The van der Waals surface area contributed by atoms with Crippen molar-refractivity contribution in [1.29, 1.82) is 0 Å². The molecule has 0 atom stereocenters. The van der Waals surface area contributed by atoms with E-state index in [1.807, 2.05) is 51.1 Å². The molecule has 1 amide bonds. The summed E-state index contributed by atoms with van der Waals surface area (Å²) in [6.45, 7) is 5.95. The van der Waals surface area contributed by atoms with Crippen LogP contribution in [-0.2, 0) is 4.79 Å². The van der Waals surface area contributed by atoms with Gasteiger partial charge in [-0.1, -0.05) is 42.5 Å². The Bertz CT molecular complexity index is 724. The van der Waals surface area contributed by atoms with Gasteiger partial charge in [0, 0.05) is 11.6 Å². The van der Waals surface area contributed by atoms with Gasteiger partial charge in [-0.2, -0.15) is 0 Å². The van der Waals surface area contributed by atoms with Crippen molar-refractivity contribution in [3.63, 3.8) is 0 Å². The van der Waals surface area contributed by atoms with Crippen molar-refractivity contribution < 1.29 is 4.79 Å². The minimum atomic E-state index is -0.241. The molecule has 22 heavy (non-hydrogen) atoms. The zero-order valence-electron chi connectivity index (χ0n) is 13.0. The number of rotatable bonds is 2. The molecular weight excluding hydrogens is 292 g/mol. The molecule has 2 N–H and O–H groups in total. The fourth-order valence-electron chi connectivity index (χ4n) is 2.09. The molecule has 0 aliphatic rings. The predicted octanol–water partition coefficient (Wildman–Crippen LogP) is 3.64. The summed E-state index contributed by atoms with van der Waals surface area (Å²) < 4.78 is 0. The van der Waals surface area contributed by atoms with Gasteiger partial charge in [-0.25, -0.2) is 0 Å². The Labute approximate surface area is 136 Å². The minimum absolute atomic E-state index is 0.177. The molecule has 3 nitrogen and oxygen atoms in total.